The van der Waals surface area contributed by atoms with Crippen LogP contribution in [0.4, 0.5) is 4.39 Å². The first kappa shape index (κ1) is 14.2. The van der Waals surface area contributed by atoms with E-state index >= 15 is 0 Å². The second-order valence-corrected chi connectivity index (χ2v) is 4.66. The molecule has 1 aromatic heterocycles. The van der Waals surface area contributed by atoms with E-state index < -0.39 is 0 Å². The molecule has 1 N–H and O–H groups in total. The maximum absolute atomic E-state index is 13.2. The predicted octanol–water partition coefficient (Wildman–Crippen LogP) is 3.18. The highest BCUT2D eigenvalue weighted by Crippen LogP contribution is 2.18. The Hall–Kier alpha value is -2.17. The number of amides is 1. The Kier molecular flexibility index (Phi) is 4.17. The molecule has 0 radical (unpaired) electrons. The summed E-state index contributed by atoms with van der Waals surface area (Å²) in [5, 5.41) is 6.69. The Morgan fingerprint density at radius 1 is 1.50 bits per heavy atom. The molecule has 2 rings (SSSR count). The van der Waals surface area contributed by atoms with Crippen molar-refractivity contribution in [2.75, 3.05) is 0 Å². The Labute approximate surface area is 117 Å². The standard InChI is InChI=1S/C15H17FN2O2/c1-4-13-14(10(3)20-18-13)15(19)17-9(2)11-6-5-7-12(16)8-11/h5-9H,4H2,1-3H3,(H,17,19)/t9-/m1/s1. The average Bonchev–Trinajstić information content (AvgIpc) is 2.79. The SMILES string of the molecule is CCc1noc(C)c1C(=O)N[C@H](C)c1cccc(F)c1. The first-order valence-electron chi connectivity index (χ1n) is 6.54. The zero-order valence-electron chi connectivity index (χ0n) is 11.7. The summed E-state index contributed by atoms with van der Waals surface area (Å²) in [7, 11) is 0. The highest BCUT2D eigenvalue weighted by atomic mass is 19.1. The summed E-state index contributed by atoms with van der Waals surface area (Å²) in [6.45, 7) is 5.42. The van der Waals surface area contributed by atoms with Crippen molar-refractivity contribution in [3.63, 3.8) is 0 Å². The van der Waals surface area contributed by atoms with Crippen LogP contribution in [0, 0.1) is 12.7 Å². The number of hydrogen-bond donors (Lipinski definition) is 1. The number of aryl methyl sites for hydroxylation is 2. The molecule has 5 heteroatoms. The normalized spacial score (nSPS) is 12.2. The Morgan fingerprint density at radius 2 is 2.25 bits per heavy atom. The minimum atomic E-state index is -0.320. The van der Waals surface area contributed by atoms with Crippen LogP contribution < -0.4 is 5.32 Å². The molecule has 0 saturated carbocycles. The van der Waals surface area contributed by atoms with Gasteiger partial charge in [0.2, 0.25) is 0 Å². The van der Waals surface area contributed by atoms with Crippen LogP contribution in [0.5, 0.6) is 0 Å². The van der Waals surface area contributed by atoms with Gasteiger partial charge in [-0.3, -0.25) is 4.79 Å². The topological polar surface area (TPSA) is 55.1 Å². The number of carbonyl (C=O) groups excluding carboxylic acids is 1. The van der Waals surface area contributed by atoms with Gasteiger partial charge in [-0.15, -0.1) is 0 Å². The molecule has 1 atom stereocenters. The highest BCUT2D eigenvalue weighted by molar-refractivity contribution is 5.96. The summed E-state index contributed by atoms with van der Waals surface area (Å²) in [5.41, 5.74) is 1.81. The van der Waals surface area contributed by atoms with Crippen LogP contribution in [0.25, 0.3) is 0 Å². The van der Waals surface area contributed by atoms with Crippen LogP contribution in [0.2, 0.25) is 0 Å². The lowest BCUT2D eigenvalue weighted by Crippen LogP contribution is -2.27. The van der Waals surface area contributed by atoms with Gasteiger partial charge >= 0.3 is 0 Å². The lowest BCUT2D eigenvalue weighted by atomic mass is 10.1. The van der Waals surface area contributed by atoms with Crippen LogP contribution >= 0.6 is 0 Å². The number of benzene rings is 1. The summed E-state index contributed by atoms with van der Waals surface area (Å²) >= 11 is 0. The van der Waals surface area contributed by atoms with Crippen molar-refractivity contribution in [1.29, 1.82) is 0 Å². The molecule has 4 nitrogen and oxygen atoms in total. The second-order valence-electron chi connectivity index (χ2n) is 4.66. The minimum Gasteiger partial charge on any atom is -0.361 e. The van der Waals surface area contributed by atoms with E-state index in [-0.39, 0.29) is 17.8 Å². The van der Waals surface area contributed by atoms with Crippen molar-refractivity contribution in [3.8, 4) is 0 Å². The number of hydrogen-bond acceptors (Lipinski definition) is 3. The van der Waals surface area contributed by atoms with Crippen molar-refractivity contribution in [3.05, 3.63) is 52.7 Å². The summed E-state index contributed by atoms with van der Waals surface area (Å²) in [6.07, 6.45) is 0.619. The zero-order valence-corrected chi connectivity index (χ0v) is 11.7. The Bertz CT molecular complexity index is 622. The minimum absolute atomic E-state index is 0.252. The molecule has 0 fully saturated rings. The number of halogens is 1. The molecule has 1 amide bonds. The van der Waals surface area contributed by atoms with Gasteiger partial charge in [-0.2, -0.15) is 0 Å². The van der Waals surface area contributed by atoms with Gasteiger partial charge in [0.1, 0.15) is 17.1 Å². The van der Waals surface area contributed by atoms with Crippen molar-refractivity contribution < 1.29 is 13.7 Å². The smallest absolute Gasteiger partial charge is 0.257 e. The third kappa shape index (κ3) is 2.87. The quantitative estimate of drug-likeness (QED) is 0.933. The van der Waals surface area contributed by atoms with Gasteiger partial charge in [-0.25, -0.2) is 4.39 Å². The monoisotopic (exact) mass is 276 g/mol. The molecule has 1 aromatic carbocycles. The Balaban J connectivity index is 2.17. The maximum Gasteiger partial charge on any atom is 0.257 e. The van der Waals surface area contributed by atoms with Crippen molar-refractivity contribution in [2.24, 2.45) is 0 Å². The molecule has 20 heavy (non-hydrogen) atoms. The highest BCUT2D eigenvalue weighted by Gasteiger charge is 2.20. The third-order valence-electron chi connectivity index (χ3n) is 3.19. The van der Waals surface area contributed by atoms with Crippen molar-refractivity contribution >= 4 is 5.91 Å². The van der Waals surface area contributed by atoms with Crippen LogP contribution in [0.3, 0.4) is 0 Å². The van der Waals surface area contributed by atoms with E-state index in [1.807, 2.05) is 6.92 Å². The lowest BCUT2D eigenvalue weighted by Gasteiger charge is -2.14. The second kappa shape index (κ2) is 5.86. The van der Waals surface area contributed by atoms with Gasteiger partial charge in [0.25, 0.3) is 5.91 Å². The average molecular weight is 276 g/mol. The summed E-state index contributed by atoms with van der Waals surface area (Å²) in [6, 6.07) is 5.88. The molecule has 0 spiro atoms. The molecule has 0 aliphatic rings. The number of nitrogens with one attached hydrogen (secondary N) is 1. The molecule has 0 saturated heterocycles. The van der Waals surface area contributed by atoms with Crippen molar-refractivity contribution in [1.82, 2.24) is 10.5 Å². The first-order chi connectivity index (χ1) is 9.52. The fourth-order valence-corrected chi connectivity index (χ4v) is 2.08. The molecule has 0 unspecified atom stereocenters. The van der Waals surface area contributed by atoms with Gasteiger partial charge in [-0.1, -0.05) is 24.2 Å². The van der Waals surface area contributed by atoms with Crippen LogP contribution in [-0.4, -0.2) is 11.1 Å². The number of carbonyl (C=O) groups is 1. The van der Waals surface area contributed by atoms with Gasteiger partial charge in [0, 0.05) is 0 Å². The maximum atomic E-state index is 13.2. The van der Waals surface area contributed by atoms with Gasteiger partial charge < -0.3 is 9.84 Å². The van der Waals surface area contributed by atoms with E-state index in [1.165, 1.54) is 12.1 Å². The molecular weight excluding hydrogens is 259 g/mol. The number of nitrogens with zero attached hydrogens (tertiary/aromatic N) is 1. The van der Waals surface area contributed by atoms with E-state index in [2.05, 4.69) is 10.5 Å². The van der Waals surface area contributed by atoms with E-state index in [4.69, 9.17) is 4.52 Å². The van der Waals surface area contributed by atoms with Gasteiger partial charge in [0.15, 0.2) is 0 Å². The molecule has 0 aliphatic carbocycles. The van der Waals surface area contributed by atoms with E-state index in [1.54, 1.807) is 26.0 Å². The molecule has 0 bridgehead atoms. The molecular formula is C15H17FN2O2. The molecule has 1 heterocycles. The van der Waals surface area contributed by atoms with Crippen LogP contribution in [-0.2, 0) is 6.42 Å². The van der Waals surface area contributed by atoms with E-state index in [0.29, 0.717) is 29.0 Å². The lowest BCUT2D eigenvalue weighted by molar-refractivity contribution is 0.0937. The van der Waals surface area contributed by atoms with Crippen molar-refractivity contribution in [2.45, 2.75) is 33.2 Å². The number of rotatable bonds is 4. The summed E-state index contributed by atoms with van der Waals surface area (Å²) < 4.78 is 18.2. The Morgan fingerprint density at radius 3 is 2.90 bits per heavy atom. The third-order valence-corrected chi connectivity index (χ3v) is 3.19. The fourth-order valence-electron chi connectivity index (χ4n) is 2.08. The summed E-state index contributed by atoms with van der Waals surface area (Å²) in [5.74, 6) is -0.0813. The van der Waals surface area contributed by atoms with Gasteiger partial charge in [-0.05, 0) is 38.0 Å². The van der Waals surface area contributed by atoms with E-state index in [0.717, 1.165) is 0 Å². The number of aromatic nitrogens is 1. The molecule has 2 aromatic rings. The predicted molar refractivity (Wildman–Crippen MR) is 72.9 cm³/mol. The van der Waals surface area contributed by atoms with Crippen LogP contribution in [0.15, 0.2) is 28.8 Å². The molecule has 0 aliphatic heterocycles. The zero-order chi connectivity index (χ0) is 14.7. The van der Waals surface area contributed by atoms with Gasteiger partial charge in [0.05, 0.1) is 11.7 Å². The largest absolute Gasteiger partial charge is 0.361 e. The summed E-state index contributed by atoms with van der Waals surface area (Å²) in [4.78, 5) is 12.3. The fraction of sp³-hybridized carbons (Fsp3) is 0.333. The van der Waals surface area contributed by atoms with Crippen LogP contribution in [0.1, 0.15) is 47.3 Å². The molecule has 106 valence electrons. The van der Waals surface area contributed by atoms with E-state index in [9.17, 15) is 9.18 Å². The first-order valence-corrected chi connectivity index (χ1v) is 6.54.